The van der Waals surface area contributed by atoms with Crippen molar-refractivity contribution in [3.63, 3.8) is 0 Å². The average Bonchev–Trinajstić information content (AvgIpc) is 2.98. The molecule has 0 spiro atoms. The molecule has 0 aromatic heterocycles. The monoisotopic (exact) mass is 245 g/mol. The smallest absolute Gasteiger partial charge is 0.356 e. The van der Waals surface area contributed by atoms with Crippen LogP contribution in [-0.4, -0.2) is 21.7 Å². The van der Waals surface area contributed by atoms with E-state index in [4.69, 9.17) is 15.5 Å². The molecule has 1 aliphatic rings. The Morgan fingerprint density at radius 3 is 2.06 bits per heavy atom. The van der Waals surface area contributed by atoms with Crippen molar-refractivity contribution in [3.05, 3.63) is 35.9 Å². The summed E-state index contributed by atoms with van der Waals surface area (Å²) in [7, 11) is -3.90. The Balaban J connectivity index is 0.000000160. The fourth-order valence-corrected chi connectivity index (χ4v) is 2.04. The van der Waals surface area contributed by atoms with Crippen molar-refractivity contribution in [3.8, 4) is 0 Å². The van der Waals surface area contributed by atoms with Crippen LogP contribution in [0.5, 0.6) is 0 Å². The Morgan fingerprint density at radius 2 is 1.88 bits per heavy atom. The predicted molar refractivity (Wildman–Crippen MR) is 60.7 cm³/mol. The van der Waals surface area contributed by atoms with Gasteiger partial charge in [-0.1, -0.05) is 30.3 Å². The van der Waals surface area contributed by atoms with Gasteiger partial charge in [-0.25, -0.2) is 0 Å². The minimum Gasteiger partial charge on any atom is -0.356 e. The third kappa shape index (κ3) is 4.43. The number of nitrogens with two attached hydrogens (primary N) is 1. The number of hydrogen-bond donors (Lipinski definition) is 3. The molecule has 4 N–H and O–H groups in total. The highest BCUT2D eigenvalue weighted by atomic mass is 31.2. The summed E-state index contributed by atoms with van der Waals surface area (Å²) in [6.07, 6.45) is -0.254. The molecule has 16 heavy (non-hydrogen) atoms. The summed E-state index contributed by atoms with van der Waals surface area (Å²) in [4.78, 5) is 16.6. The lowest BCUT2D eigenvalue weighted by Crippen LogP contribution is -1.94. The van der Waals surface area contributed by atoms with E-state index in [2.05, 4.69) is 4.74 Å². The summed E-state index contributed by atoms with van der Waals surface area (Å²) >= 11 is 0. The van der Waals surface area contributed by atoms with Crippen LogP contribution in [0.15, 0.2) is 30.3 Å². The van der Waals surface area contributed by atoms with E-state index in [1.54, 1.807) is 6.92 Å². The predicted octanol–water partition coefficient (Wildman–Crippen LogP) is 1.05. The second kappa shape index (κ2) is 5.57. The molecule has 1 aliphatic heterocycles. The van der Waals surface area contributed by atoms with Crippen molar-refractivity contribution < 1.29 is 19.1 Å². The van der Waals surface area contributed by atoms with Gasteiger partial charge in [0.25, 0.3) is 0 Å². The van der Waals surface area contributed by atoms with Gasteiger partial charge in [0.1, 0.15) is 0 Å². The minimum atomic E-state index is -3.90. The van der Waals surface area contributed by atoms with Crippen molar-refractivity contribution >= 4 is 7.60 Å². The van der Waals surface area contributed by atoms with Gasteiger partial charge in [-0.15, -0.1) is 0 Å². The Morgan fingerprint density at radius 1 is 1.38 bits per heavy atom. The summed E-state index contributed by atoms with van der Waals surface area (Å²) in [5, 5.41) is 0. The molecule has 90 valence electrons. The first kappa shape index (κ1) is 13.4. The lowest BCUT2D eigenvalue weighted by molar-refractivity contribution is 0.333. The van der Waals surface area contributed by atoms with Gasteiger partial charge in [-0.3, -0.25) is 4.57 Å². The van der Waals surface area contributed by atoms with Gasteiger partial charge in [-0.05, 0) is 12.5 Å². The lowest BCUT2D eigenvalue weighted by atomic mass is 10.2. The molecule has 5 nitrogen and oxygen atoms in total. The van der Waals surface area contributed by atoms with Crippen molar-refractivity contribution in [1.29, 1.82) is 0 Å². The van der Waals surface area contributed by atoms with Crippen LogP contribution in [0.3, 0.4) is 0 Å². The molecule has 1 saturated heterocycles. The van der Waals surface area contributed by atoms with Crippen LogP contribution in [0.25, 0.3) is 0 Å². The highest BCUT2D eigenvalue weighted by Gasteiger charge is 2.48. The maximum atomic E-state index is 10.2. The van der Waals surface area contributed by atoms with Gasteiger partial charge in [0.15, 0.2) is 5.85 Å². The van der Waals surface area contributed by atoms with Crippen LogP contribution in [-0.2, 0) is 15.8 Å². The summed E-state index contributed by atoms with van der Waals surface area (Å²) in [6, 6.07) is 9.99. The van der Waals surface area contributed by atoms with Crippen molar-refractivity contribution in [2.45, 2.75) is 25.4 Å². The maximum absolute atomic E-state index is 10.2. The number of benzene rings is 1. The van der Waals surface area contributed by atoms with E-state index in [9.17, 15) is 4.57 Å². The molecule has 2 rings (SSSR count). The molecule has 0 saturated carbocycles. The van der Waals surface area contributed by atoms with Gasteiger partial charge in [0.05, 0.1) is 6.10 Å². The van der Waals surface area contributed by atoms with Crippen LogP contribution in [0, 0.1) is 0 Å². The Labute approximate surface area is 94.4 Å². The molecular weight excluding hydrogens is 229 g/mol. The van der Waals surface area contributed by atoms with Crippen LogP contribution in [0.2, 0.25) is 0 Å². The zero-order valence-corrected chi connectivity index (χ0v) is 9.88. The van der Waals surface area contributed by atoms with Gasteiger partial charge in [0.2, 0.25) is 0 Å². The zero-order chi connectivity index (χ0) is 12.2. The Kier molecular flexibility index (Phi) is 4.65. The van der Waals surface area contributed by atoms with E-state index in [0.717, 1.165) is 0 Å². The molecule has 0 amide bonds. The molecule has 6 heteroatoms. The fourth-order valence-electron chi connectivity index (χ4n) is 1.14. The largest absolute Gasteiger partial charge is 0.356 e. The summed E-state index contributed by atoms with van der Waals surface area (Å²) < 4.78 is 14.7. The van der Waals surface area contributed by atoms with Crippen LogP contribution >= 0.6 is 7.60 Å². The van der Waals surface area contributed by atoms with Gasteiger partial charge < -0.3 is 20.3 Å². The van der Waals surface area contributed by atoms with E-state index in [0.29, 0.717) is 6.54 Å². The third-order valence-electron chi connectivity index (χ3n) is 2.09. The van der Waals surface area contributed by atoms with Crippen LogP contribution < -0.4 is 5.73 Å². The molecule has 1 aromatic carbocycles. The standard InChI is InChI=1S/C7H9N.C3H7O4P/c8-6-7-4-2-1-3-5-7;1-2-3(7-2)8(4,5)6/h1-5H,6,8H2;2-3H,1H3,(H2,4,5,6). The molecule has 1 heterocycles. The first-order valence-electron chi connectivity index (χ1n) is 4.90. The normalized spacial score (nSPS) is 23.2. The lowest BCUT2D eigenvalue weighted by Gasteiger charge is -1.93. The van der Waals surface area contributed by atoms with Crippen molar-refractivity contribution in [2.75, 3.05) is 0 Å². The SMILES string of the molecule is CC1OC1P(=O)(O)O.NCc1ccccc1. The molecule has 2 atom stereocenters. The second-order valence-corrected chi connectivity index (χ2v) is 5.20. The highest BCUT2D eigenvalue weighted by molar-refractivity contribution is 7.52. The van der Waals surface area contributed by atoms with E-state index in [-0.39, 0.29) is 6.10 Å². The molecular formula is C10H16NO4P. The van der Waals surface area contributed by atoms with Crippen molar-refractivity contribution in [1.82, 2.24) is 0 Å². The van der Waals surface area contributed by atoms with E-state index >= 15 is 0 Å². The number of ether oxygens (including phenoxy) is 1. The minimum absolute atomic E-state index is 0.254. The summed E-state index contributed by atoms with van der Waals surface area (Å²) in [5.74, 6) is -0.817. The molecule has 0 radical (unpaired) electrons. The van der Waals surface area contributed by atoms with Gasteiger partial charge in [0, 0.05) is 6.54 Å². The Hall–Kier alpha value is -0.710. The second-order valence-electron chi connectivity index (χ2n) is 3.51. The molecule has 0 bridgehead atoms. The summed E-state index contributed by atoms with van der Waals surface area (Å²) in [6.45, 7) is 2.27. The number of hydrogen-bond acceptors (Lipinski definition) is 3. The topological polar surface area (TPSA) is 96.1 Å². The van der Waals surface area contributed by atoms with E-state index < -0.39 is 13.4 Å². The highest BCUT2D eigenvalue weighted by Crippen LogP contribution is 2.52. The van der Waals surface area contributed by atoms with Gasteiger partial charge in [-0.2, -0.15) is 0 Å². The molecule has 1 fully saturated rings. The van der Waals surface area contributed by atoms with E-state index in [1.807, 2.05) is 30.3 Å². The first-order chi connectivity index (χ1) is 7.45. The number of epoxide rings is 1. The molecule has 2 unspecified atom stereocenters. The Bertz CT molecular complexity index is 364. The number of rotatable bonds is 2. The van der Waals surface area contributed by atoms with E-state index in [1.165, 1.54) is 5.56 Å². The van der Waals surface area contributed by atoms with Crippen LogP contribution in [0.4, 0.5) is 0 Å². The fraction of sp³-hybridized carbons (Fsp3) is 0.400. The van der Waals surface area contributed by atoms with Crippen molar-refractivity contribution in [2.24, 2.45) is 5.73 Å². The maximum Gasteiger partial charge on any atom is 0.356 e. The van der Waals surface area contributed by atoms with Gasteiger partial charge >= 0.3 is 7.60 Å². The zero-order valence-electron chi connectivity index (χ0n) is 8.98. The van der Waals surface area contributed by atoms with Crippen LogP contribution in [0.1, 0.15) is 12.5 Å². The quantitative estimate of drug-likeness (QED) is 0.534. The third-order valence-corrected chi connectivity index (χ3v) is 3.29. The average molecular weight is 245 g/mol. The molecule has 1 aromatic rings. The molecule has 0 aliphatic carbocycles. The summed E-state index contributed by atoms with van der Waals surface area (Å²) in [5.41, 5.74) is 6.54. The first-order valence-corrected chi connectivity index (χ1v) is 6.58.